The Balaban J connectivity index is 1.56. The third-order valence-corrected chi connectivity index (χ3v) is 8.33. The molecule has 2 aliphatic carbocycles. The number of nitrogens with zero attached hydrogens (tertiary/aromatic N) is 2. The van der Waals surface area contributed by atoms with Gasteiger partial charge in [-0.3, -0.25) is 14.6 Å². The molecule has 1 aliphatic heterocycles. The zero-order valence-corrected chi connectivity index (χ0v) is 21.0. The molecule has 3 aliphatic rings. The molecule has 4 nitrogen and oxygen atoms in total. The van der Waals surface area contributed by atoms with E-state index in [-0.39, 0.29) is 17.4 Å². The van der Waals surface area contributed by atoms with Gasteiger partial charge in [-0.25, -0.2) is 0 Å². The van der Waals surface area contributed by atoms with Crippen molar-refractivity contribution in [1.82, 2.24) is 4.90 Å². The summed E-state index contributed by atoms with van der Waals surface area (Å²) >= 11 is 6.13. The number of aliphatic imine (C=N–C) groups is 1. The van der Waals surface area contributed by atoms with E-state index in [9.17, 15) is 9.59 Å². The Kier molecular flexibility index (Phi) is 5.92. The van der Waals surface area contributed by atoms with Gasteiger partial charge in [0.1, 0.15) is 17.7 Å². The zero-order chi connectivity index (χ0) is 24.1. The molecule has 178 valence electrons. The standard InChI is InChI=1S/C29H33ClN2O2/c1-28(2,3)23-14-16-29(17-15-23)31-25(20-10-12-24(30)13-11-20)27(34)32(29)26(22-8-9-22)21-6-4-19(18-33)5-7-21/h4-7,10-13,18,22-23,26H,8-9,14-17H2,1-3H3. The number of amides is 1. The van der Waals surface area contributed by atoms with Crippen molar-refractivity contribution in [2.45, 2.75) is 71.0 Å². The van der Waals surface area contributed by atoms with Gasteiger partial charge in [0, 0.05) is 16.1 Å². The molecule has 1 spiro atoms. The molecule has 0 bridgehead atoms. The first-order valence-corrected chi connectivity index (χ1v) is 12.8. The Bertz CT molecular complexity index is 1100. The number of rotatable bonds is 5. The summed E-state index contributed by atoms with van der Waals surface area (Å²) < 4.78 is 0. The van der Waals surface area contributed by atoms with Gasteiger partial charge in [-0.15, -0.1) is 0 Å². The van der Waals surface area contributed by atoms with E-state index in [0.29, 0.717) is 28.1 Å². The zero-order valence-electron chi connectivity index (χ0n) is 20.3. The van der Waals surface area contributed by atoms with Gasteiger partial charge in [0.15, 0.2) is 0 Å². The minimum Gasteiger partial charge on any atom is -0.305 e. The minimum absolute atomic E-state index is 0.0204. The van der Waals surface area contributed by atoms with Crippen molar-refractivity contribution in [2.24, 2.45) is 22.2 Å². The van der Waals surface area contributed by atoms with Crippen molar-refractivity contribution < 1.29 is 9.59 Å². The van der Waals surface area contributed by atoms with Gasteiger partial charge in [0.2, 0.25) is 0 Å². The fourth-order valence-electron chi connectivity index (χ4n) is 5.91. The molecule has 2 aromatic carbocycles. The molecule has 0 saturated heterocycles. The number of hydrogen-bond donors (Lipinski definition) is 0. The van der Waals surface area contributed by atoms with Crippen molar-refractivity contribution in [3.8, 4) is 0 Å². The molecule has 34 heavy (non-hydrogen) atoms. The number of carbonyl (C=O) groups is 2. The SMILES string of the molecule is CC(C)(C)C1CCC2(CC1)N=C(c1ccc(Cl)cc1)C(=O)N2C(c1ccc(C=O)cc1)C1CC1. The van der Waals surface area contributed by atoms with Gasteiger partial charge >= 0.3 is 0 Å². The highest BCUT2D eigenvalue weighted by Crippen LogP contribution is 2.54. The summed E-state index contributed by atoms with van der Waals surface area (Å²) in [7, 11) is 0. The van der Waals surface area contributed by atoms with Crippen LogP contribution in [0.4, 0.5) is 0 Å². The predicted octanol–water partition coefficient (Wildman–Crippen LogP) is 6.87. The molecule has 0 N–H and O–H groups in total. The number of hydrogen-bond acceptors (Lipinski definition) is 3. The smallest absolute Gasteiger partial charge is 0.275 e. The summed E-state index contributed by atoms with van der Waals surface area (Å²) in [5.41, 5.74) is 2.89. The summed E-state index contributed by atoms with van der Waals surface area (Å²) in [6, 6.07) is 15.2. The summed E-state index contributed by atoms with van der Waals surface area (Å²) in [4.78, 5) is 32.7. The molecular formula is C29H33ClN2O2. The van der Waals surface area contributed by atoms with E-state index in [0.717, 1.165) is 55.9 Å². The van der Waals surface area contributed by atoms with Gasteiger partial charge in [-0.1, -0.05) is 68.8 Å². The van der Waals surface area contributed by atoms with Crippen LogP contribution in [0.2, 0.25) is 5.02 Å². The second-order valence-electron chi connectivity index (χ2n) is 11.3. The van der Waals surface area contributed by atoms with Crippen LogP contribution in [0.1, 0.15) is 86.8 Å². The van der Waals surface area contributed by atoms with E-state index >= 15 is 0 Å². The van der Waals surface area contributed by atoms with Crippen LogP contribution < -0.4 is 0 Å². The topological polar surface area (TPSA) is 49.7 Å². The highest BCUT2D eigenvalue weighted by atomic mass is 35.5. The van der Waals surface area contributed by atoms with Crippen LogP contribution in [-0.4, -0.2) is 28.5 Å². The van der Waals surface area contributed by atoms with Gasteiger partial charge < -0.3 is 4.90 Å². The number of benzene rings is 2. The van der Waals surface area contributed by atoms with Crippen LogP contribution in [0, 0.1) is 17.3 Å². The minimum atomic E-state index is -0.510. The average molecular weight is 477 g/mol. The van der Waals surface area contributed by atoms with Crippen molar-refractivity contribution in [2.75, 3.05) is 0 Å². The molecule has 0 aromatic heterocycles. The second kappa shape index (κ2) is 8.64. The number of aldehydes is 1. The number of halogens is 1. The highest BCUT2D eigenvalue weighted by molar-refractivity contribution is 6.47. The third kappa shape index (κ3) is 4.22. The second-order valence-corrected chi connectivity index (χ2v) is 11.8. The lowest BCUT2D eigenvalue weighted by atomic mass is 9.69. The summed E-state index contributed by atoms with van der Waals surface area (Å²) in [5, 5.41) is 0.651. The molecule has 0 radical (unpaired) electrons. The first-order valence-electron chi connectivity index (χ1n) is 12.5. The van der Waals surface area contributed by atoms with E-state index in [4.69, 9.17) is 16.6 Å². The lowest BCUT2D eigenvalue weighted by Gasteiger charge is -2.47. The van der Waals surface area contributed by atoms with Gasteiger partial charge in [0.25, 0.3) is 5.91 Å². The first-order chi connectivity index (χ1) is 16.2. The van der Waals surface area contributed by atoms with Crippen LogP contribution in [0.3, 0.4) is 0 Å². The molecule has 2 saturated carbocycles. The maximum Gasteiger partial charge on any atom is 0.275 e. The Morgan fingerprint density at radius 3 is 2.15 bits per heavy atom. The maximum absolute atomic E-state index is 14.1. The normalized spacial score (nSPS) is 26.0. The monoisotopic (exact) mass is 476 g/mol. The van der Waals surface area contributed by atoms with Crippen LogP contribution in [0.25, 0.3) is 0 Å². The number of carbonyl (C=O) groups excluding carboxylic acids is 2. The van der Waals surface area contributed by atoms with Crippen LogP contribution in [0.5, 0.6) is 0 Å². The van der Waals surface area contributed by atoms with Crippen LogP contribution >= 0.6 is 11.6 Å². The molecule has 1 heterocycles. The van der Waals surface area contributed by atoms with Crippen molar-refractivity contribution in [3.63, 3.8) is 0 Å². The van der Waals surface area contributed by atoms with E-state index in [1.165, 1.54) is 0 Å². The summed E-state index contributed by atoms with van der Waals surface area (Å²) in [6.45, 7) is 6.95. The van der Waals surface area contributed by atoms with E-state index < -0.39 is 5.66 Å². The van der Waals surface area contributed by atoms with Crippen molar-refractivity contribution >= 4 is 29.5 Å². The molecular weight excluding hydrogens is 444 g/mol. The quantitative estimate of drug-likeness (QED) is 0.442. The lowest BCUT2D eigenvalue weighted by molar-refractivity contribution is -0.134. The third-order valence-electron chi connectivity index (χ3n) is 8.08. The summed E-state index contributed by atoms with van der Waals surface area (Å²) in [5.74, 6) is 1.08. The molecule has 1 unspecified atom stereocenters. The van der Waals surface area contributed by atoms with Crippen LogP contribution in [-0.2, 0) is 4.79 Å². The predicted molar refractivity (Wildman–Crippen MR) is 136 cm³/mol. The molecule has 5 heteroatoms. The molecule has 1 amide bonds. The first kappa shape index (κ1) is 23.3. The Hall–Kier alpha value is -2.46. The molecule has 5 rings (SSSR count). The Morgan fingerprint density at radius 2 is 1.62 bits per heavy atom. The molecule has 2 fully saturated rings. The largest absolute Gasteiger partial charge is 0.305 e. The van der Waals surface area contributed by atoms with E-state index in [1.54, 1.807) is 0 Å². The summed E-state index contributed by atoms with van der Waals surface area (Å²) in [6.07, 6.45) is 6.98. The van der Waals surface area contributed by atoms with E-state index in [1.807, 2.05) is 48.5 Å². The fourth-order valence-corrected chi connectivity index (χ4v) is 6.03. The van der Waals surface area contributed by atoms with Gasteiger partial charge in [-0.2, -0.15) is 0 Å². The van der Waals surface area contributed by atoms with Crippen molar-refractivity contribution in [1.29, 1.82) is 0 Å². The molecule has 2 aromatic rings. The lowest BCUT2D eigenvalue weighted by Crippen LogP contribution is -2.52. The maximum atomic E-state index is 14.1. The average Bonchev–Trinajstić information content (AvgIpc) is 3.62. The van der Waals surface area contributed by atoms with Gasteiger partial charge in [-0.05, 0) is 73.5 Å². The Morgan fingerprint density at radius 1 is 1.00 bits per heavy atom. The molecule has 1 atom stereocenters. The van der Waals surface area contributed by atoms with Crippen molar-refractivity contribution in [3.05, 3.63) is 70.2 Å². The Labute approximate surface area is 207 Å². The fraction of sp³-hybridized carbons (Fsp3) is 0.483. The van der Waals surface area contributed by atoms with Gasteiger partial charge in [0.05, 0.1) is 6.04 Å². The van der Waals surface area contributed by atoms with Crippen LogP contribution in [0.15, 0.2) is 53.5 Å². The van der Waals surface area contributed by atoms with E-state index in [2.05, 4.69) is 25.7 Å². The highest BCUT2D eigenvalue weighted by Gasteiger charge is 2.55.